The van der Waals surface area contributed by atoms with Crippen LogP contribution in [-0.4, -0.2) is 62.2 Å². The van der Waals surface area contributed by atoms with E-state index in [9.17, 15) is 31.2 Å². The second-order valence-corrected chi connectivity index (χ2v) is 11.7. The summed E-state index contributed by atoms with van der Waals surface area (Å²) < 4.78 is 72.2. The first-order valence-electron chi connectivity index (χ1n) is 10.9. The average Bonchev–Trinajstić information content (AvgIpc) is 3.19. The fourth-order valence-corrected chi connectivity index (χ4v) is 6.18. The minimum atomic E-state index is -4.84. The molecule has 0 radical (unpaired) electrons. The lowest BCUT2D eigenvalue weighted by molar-refractivity contribution is -0.169. The van der Waals surface area contributed by atoms with Gasteiger partial charge in [-0.1, -0.05) is 12.1 Å². The van der Waals surface area contributed by atoms with Crippen LogP contribution in [0.5, 0.6) is 0 Å². The van der Waals surface area contributed by atoms with Gasteiger partial charge in [0, 0.05) is 12.6 Å². The van der Waals surface area contributed by atoms with Gasteiger partial charge in [0.15, 0.2) is 9.84 Å². The van der Waals surface area contributed by atoms with Gasteiger partial charge in [0.25, 0.3) is 0 Å². The summed E-state index contributed by atoms with van der Waals surface area (Å²) in [6, 6.07) is 2.89. The lowest BCUT2D eigenvalue weighted by Crippen LogP contribution is -2.49. The molecule has 1 aromatic rings. The van der Waals surface area contributed by atoms with Crippen molar-refractivity contribution in [1.29, 1.82) is 0 Å². The molecule has 2 saturated heterocycles. The first-order chi connectivity index (χ1) is 15.2. The molecule has 0 bridgehead atoms. The van der Waals surface area contributed by atoms with Crippen molar-refractivity contribution in [2.24, 2.45) is 5.41 Å². The summed E-state index contributed by atoms with van der Waals surface area (Å²) in [6.07, 6.45) is -3.80. The van der Waals surface area contributed by atoms with E-state index in [0.29, 0.717) is 25.9 Å². The van der Waals surface area contributed by atoms with Crippen molar-refractivity contribution >= 4 is 21.8 Å². The van der Waals surface area contributed by atoms with Crippen molar-refractivity contribution in [2.75, 3.05) is 19.6 Å². The van der Waals surface area contributed by atoms with Gasteiger partial charge in [-0.2, -0.15) is 13.2 Å². The Hall–Kier alpha value is -1.98. The fourth-order valence-electron chi connectivity index (χ4n) is 4.26. The number of nitrogens with one attached hydrogen (secondary N) is 1. The molecule has 2 heterocycles. The normalized spacial score (nSPS) is 23.5. The van der Waals surface area contributed by atoms with Gasteiger partial charge in [-0.3, -0.25) is 9.69 Å². The molecule has 2 aliphatic rings. The van der Waals surface area contributed by atoms with Crippen LogP contribution < -0.4 is 5.32 Å². The third-order valence-corrected chi connectivity index (χ3v) is 8.28. The van der Waals surface area contributed by atoms with E-state index in [1.54, 1.807) is 25.7 Å². The third-order valence-electron chi connectivity index (χ3n) is 6.09. The summed E-state index contributed by atoms with van der Waals surface area (Å²) in [5, 5.41) is 1.95. The molecule has 33 heavy (non-hydrogen) atoms. The molecule has 1 aromatic carbocycles. The number of nitrogens with zero attached hydrogens (tertiary/aromatic N) is 1. The van der Waals surface area contributed by atoms with Crippen LogP contribution in [0.2, 0.25) is 0 Å². The van der Waals surface area contributed by atoms with E-state index in [2.05, 4.69) is 5.32 Å². The molecule has 0 aromatic heterocycles. The monoisotopic (exact) mass is 490 g/mol. The third kappa shape index (κ3) is 5.58. The molecule has 0 amide bonds. The Morgan fingerprint density at radius 3 is 2.27 bits per heavy atom. The predicted octanol–water partition coefficient (Wildman–Crippen LogP) is 2.79. The Balaban J connectivity index is 1.93. The molecule has 2 aliphatic heterocycles. The fraction of sp³-hybridized carbons (Fsp3) is 0.636. The highest BCUT2D eigenvalue weighted by Crippen LogP contribution is 2.38. The number of hydrogen-bond donors (Lipinski definition) is 1. The molecule has 2 fully saturated rings. The van der Waals surface area contributed by atoms with Crippen LogP contribution in [0.4, 0.5) is 13.2 Å². The molecule has 11 heteroatoms. The SMILES string of the molecule is CC(C)(C)C(=O)OC(=O)C1CC(S(=O)(=O)c2ccccc2C(F)(F)F)CN1C1CCNCC1. The zero-order valence-electron chi connectivity index (χ0n) is 18.8. The van der Waals surface area contributed by atoms with E-state index < -0.39 is 55.1 Å². The maximum Gasteiger partial charge on any atom is 0.417 e. The van der Waals surface area contributed by atoms with Crippen molar-refractivity contribution < 1.29 is 35.9 Å². The van der Waals surface area contributed by atoms with Crippen LogP contribution in [0, 0.1) is 5.41 Å². The van der Waals surface area contributed by atoms with Crippen LogP contribution in [0.25, 0.3) is 0 Å². The van der Waals surface area contributed by atoms with E-state index in [0.717, 1.165) is 18.2 Å². The molecule has 2 atom stereocenters. The molecule has 7 nitrogen and oxygen atoms in total. The van der Waals surface area contributed by atoms with Crippen molar-refractivity contribution in [3.05, 3.63) is 29.8 Å². The Morgan fingerprint density at radius 1 is 1.09 bits per heavy atom. The number of esters is 2. The summed E-state index contributed by atoms with van der Waals surface area (Å²) in [4.78, 5) is 26.1. The molecule has 0 spiro atoms. The molecular formula is C22H29F3N2O5S. The van der Waals surface area contributed by atoms with Crippen LogP contribution in [0.15, 0.2) is 29.2 Å². The van der Waals surface area contributed by atoms with Crippen LogP contribution >= 0.6 is 0 Å². The van der Waals surface area contributed by atoms with Gasteiger partial charge in [-0.25, -0.2) is 13.2 Å². The number of ether oxygens (including phenoxy) is 1. The number of likely N-dealkylation sites (tertiary alicyclic amines) is 1. The summed E-state index contributed by atoms with van der Waals surface area (Å²) in [5.41, 5.74) is -2.17. The average molecular weight is 491 g/mol. The van der Waals surface area contributed by atoms with Crippen molar-refractivity contribution in [2.45, 2.75) is 68.4 Å². The standard InChI is InChI=1S/C22H29F3N2O5S/c1-21(2,3)20(29)32-19(28)17-12-15(13-27(17)14-8-10-26-11-9-14)33(30,31)18-7-5-4-6-16(18)22(23,24)25/h4-7,14-15,17,26H,8-13H2,1-3H3. The second kappa shape index (κ2) is 9.34. The Morgan fingerprint density at radius 2 is 1.70 bits per heavy atom. The highest BCUT2D eigenvalue weighted by Gasteiger charge is 2.49. The Labute approximate surface area is 191 Å². The van der Waals surface area contributed by atoms with E-state index in [4.69, 9.17) is 4.74 Å². The summed E-state index contributed by atoms with van der Waals surface area (Å²) in [7, 11) is -4.42. The number of piperidine rings is 1. The maximum absolute atomic E-state index is 13.5. The minimum absolute atomic E-state index is 0.108. The topological polar surface area (TPSA) is 92.8 Å². The van der Waals surface area contributed by atoms with E-state index in [1.807, 2.05) is 0 Å². The first kappa shape index (κ1) is 25.6. The Bertz CT molecular complexity index is 998. The molecule has 0 aliphatic carbocycles. The van der Waals surface area contributed by atoms with Crippen molar-refractivity contribution in [3.63, 3.8) is 0 Å². The van der Waals surface area contributed by atoms with Crippen molar-refractivity contribution in [1.82, 2.24) is 10.2 Å². The molecule has 184 valence electrons. The number of halogens is 3. The number of hydrogen-bond acceptors (Lipinski definition) is 7. The smallest absolute Gasteiger partial charge is 0.392 e. The maximum atomic E-state index is 13.5. The van der Waals surface area contributed by atoms with Gasteiger partial charge in [-0.05, 0) is 65.3 Å². The number of carbonyl (C=O) groups excluding carboxylic acids is 2. The first-order valence-corrected chi connectivity index (χ1v) is 12.4. The van der Waals surface area contributed by atoms with Gasteiger partial charge >= 0.3 is 18.1 Å². The van der Waals surface area contributed by atoms with Gasteiger partial charge in [0.1, 0.15) is 6.04 Å². The highest BCUT2D eigenvalue weighted by molar-refractivity contribution is 7.92. The quantitative estimate of drug-likeness (QED) is 0.513. The lowest BCUT2D eigenvalue weighted by atomic mass is 9.97. The zero-order chi connectivity index (χ0) is 24.6. The largest absolute Gasteiger partial charge is 0.417 e. The number of carbonyl (C=O) groups is 2. The Kier molecular flexibility index (Phi) is 7.26. The van der Waals surface area contributed by atoms with Crippen molar-refractivity contribution in [3.8, 4) is 0 Å². The van der Waals surface area contributed by atoms with Gasteiger partial charge in [0.2, 0.25) is 0 Å². The lowest BCUT2D eigenvalue weighted by Gasteiger charge is -2.34. The molecule has 1 N–H and O–H groups in total. The summed E-state index contributed by atoms with van der Waals surface area (Å²) in [5.74, 6) is -1.61. The van der Waals surface area contributed by atoms with Crippen LogP contribution in [0.3, 0.4) is 0 Å². The summed E-state index contributed by atoms with van der Waals surface area (Å²) in [6.45, 7) is 5.98. The van der Waals surface area contributed by atoms with Gasteiger partial charge in [-0.15, -0.1) is 0 Å². The number of alkyl halides is 3. The predicted molar refractivity (Wildman–Crippen MR) is 114 cm³/mol. The molecule has 0 saturated carbocycles. The van der Waals surface area contributed by atoms with Gasteiger partial charge in [0.05, 0.1) is 21.1 Å². The molecule has 2 unspecified atom stereocenters. The van der Waals surface area contributed by atoms with Gasteiger partial charge < -0.3 is 10.1 Å². The number of sulfone groups is 1. The van der Waals surface area contributed by atoms with Crippen LogP contribution in [0.1, 0.15) is 45.6 Å². The zero-order valence-corrected chi connectivity index (χ0v) is 19.6. The van der Waals surface area contributed by atoms with E-state index >= 15 is 0 Å². The van der Waals surface area contributed by atoms with Crippen LogP contribution in [-0.2, 0) is 30.3 Å². The minimum Gasteiger partial charge on any atom is -0.392 e. The van der Waals surface area contributed by atoms with E-state index in [1.165, 1.54) is 6.07 Å². The summed E-state index contributed by atoms with van der Waals surface area (Å²) >= 11 is 0. The van der Waals surface area contributed by atoms with E-state index in [-0.39, 0.29) is 19.0 Å². The number of rotatable bonds is 4. The second-order valence-electron chi connectivity index (χ2n) is 9.55. The highest BCUT2D eigenvalue weighted by atomic mass is 32.2. The molecular weight excluding hydrogens is 461 g/mol. The number of benzene rings is 1. The molecule has 3 rings (SSSR count).